The van der Waals surface area contributed by atoms with Gasteiger partial charge in [0.2, 0.25) is 0 Å². The SMILES string of the molecule is CCCCC1(CC=C[C@H]2CCC[C@@H]2CC=CCCCC(O)(O)COC(C)=O)CCC1. The van der Waals surface area contributed by atoms with Crippen LogP contribution in [0.2, 0.25) is 0 Å². The predicted octanol–water partition coefficient (Wildman–Crippen LogP) is 6.07. The van der Waals surface area contributed by atoms with Gasteiger partial charge in [-0.2, -0.15) is 0 Å². The molecule has 2 aliphatic carbocycles. The molecule has 0 aromatic rings. The molecule has 2 aliphatic rings. The number of hydrogen-bond donors (Lipinski definition) is 2. The number of carbonyl (C=O) groups is 1. The van der Waals surface area contributed by atoms with Gasteiger partial charge in [-0.15, -0.1) is 0 Å². The fourth-order valence-corrected chi connectivity index (χ4v) is 5.07. The number of ether oxygens (including phenoxy) is 1. The van der Waals surface area contributed by atoms with Gasteiger partial charge < -0.3 is 14.9 Å². The molecular weight excluding hydrogens is 376 g/mol. The molecule has 2 fully saturated rings. The second-order valence-electron chi connectivity index (χ2n) is 9.81. The van der Waals surface area contributed by atoms with Gasteiger partial charge in [0.25, 0.3) is 0 Å². The topological polar surface area (TPSA) is 66.8 Å². The zero-order chi connectivity index (χ0) is 21.9. The second-order valence-corrected chi connectivity index (χ2v) is 9.81. The van der Waals surface area contributed by atoms with Gasteiger partial charge in [0.05, 0.1) is 0 Å². The summed E-state index contributed by atoms with van der Waals surface area (Å²) in [4.78, 5) is 10.8. The Labute approximate surface area is 183 Å². The number of aliphatic hydroxyl groups is 2. The average Bonchev–Trinajstić information content (AvgIpc) is 3.11. The molecule has 0 aromatic carbocycles. The predicted molar refractivity (Wildman–Crippen MR) is 122 cm³/mol. The molecule has 0 spiro atoms. The molecule has 0 heterocycles. The maximum Gasteiger partial charge on any atom is 0.302 e. The van der Waals surface area contributed by atoms with Gasteiger partial charge in [0, 0.05) is 13.3 Å². The van der Waals surface area contributed by atoms with E-state index in [4.69, 9.17) is 0 Å². The van der Waals surface area contributed by atoms with Crippen molar-refractivity contribution in [2.45, 2.75) is 110 Å². The third-order valence-corrected chi connectivity index (χ3v) is 7.19. The summed E-state index contributed by atoms with van der Waals surface area (Å²) in [6, 6.07) is 0. The molecule has 0 unspecified atom stereocenters. The van der Waals surface area contributed by atoms with E-state index in [9.17, 15) is 15.0 Å². The van der Waals surface area contributed by atoms with Crippen LogP contribution in [0.3, 0.4) is 0 Å². The van der Waals surface area contributed by atoms with Crippen LogP contribution in [0.25, 0.3) is 0 Å². The lowest BCUT2D eigenvalue weighted by atomic mass is 9.64. The zero-order valence-electron chi connectivity index (χ0n) is 19.3. The number of carbonyl (C=O) groups excluding carboxylic acids is 1. The Morgan fingerprint density at radius 1 is 1.13 bits per heavy atom. The Balaban J connectivity index is 1.65. The van der Waals surface area contributed by atoms with Crippen molar-refractivity contribution in [1.82, 2.24) is 0 Å². The highest BCUT2D eigenvalue weighted by molar-refractivity contribution is 5.65. The number of allylic oxidation sites excluding steroid dienone is 4. The summed E-state index contributed by atoms with van der Waals surface area (Å²) >= 11 is 0. The molecule has 0 radical (unpaired) electrons. The molecule has 0 bridgehead atoms. The van der Waals surface area contributed by atoms with Crippen molar-refractivity contribution in [1.29, 1.82) is 0 Å². The molecular formula is C26H44O4. The minimum absolute atomic E-state index is 0.208. The van der Waals surface area contributed by atoms with E-state index in [1.54, 1.807) is 0 Å². The number of hydrogen-bond acceptors (Lipinski definition) is 4. The van der Waals surface area contributed by atoms with E-state index >= 15 is 0 Å². The molecule has 172 valence electrons. The van der Waals surface area contributed by atoms with Crippen LogP contribution < -0.4 is 0 Å². The fraction of sp³-hybridized carbons (Fsp3) is 0.808. The van der Waals surface area contributed by atoms with E-state index in [1.165, 1.54) is 71.1 Å². The maximum atomic E-state index is 10.8. The Morgan fingerprint density at radius 3 is 2.60 bits per heavy atom. The van der Waals surface area contributed by atoms with Crippen molar-refractivity contribution in [3.63, 3.8) is 0 Å². The number of rotatable bonds is 14. The Bertz CT molecular complexity index is 559. The highest BCUT2D eigenvalue weighted by atomic mass is 16.6. The highest BCUT2D eigenvalue weighted by Gasteiger charge is 2.35. The van der Waals surface area contributed by atoms with Crippen LogP contribution in [0, 0.1) is 17.3 Å². The monoisotopic (exact) mass is 420 g/mol. The fourth-order valence-electron chi connectivity index (χ4n) is 5.07. The van der Waals surface area contributed by atoms with Gasteiger partial charge in [-0.25, -0.2) is 0 Å². The molecule has 2 N–H and O–H groups in total. The van der Waals surface area contributed by atoms with Gasteiger partial charge in [-0.3, -0.25) is 4.79 Å². The van der Waals surface area contributed by atoms with E-state index in [2.05, 4.69) is 36.0 Å². The third kappa shape index (κ3) is 8.93. The van der Waals surface area contributed by atoms with E-state index in [0.29, 0.717) is 11.8 Å². The first kappa shape index (κ1) is 25.1. The van der Waals surface area contributed by atoms with E-state index in [0.717, 1.165) is 24.7 Å². The van der Waals surface area contributed by atoms with Gasteiger partial charge in [-0.05, 0) is 75.0 Å². The van der Waals surface area contributed by atoms with Crippen molar-refractivity contribution < 1.29 is 19.7 Å². The Morgan fingerprint density at radius 2 is 1.93 bits per heavy atom. The van der Waals surface area contributed by atoms with E-state index in [1.807, 2.05) is 0 Å². The maximum absolute atomic E-state index is 10.8. The number of unbranched alkanes of at least 4 members (excludes halogenated alkanes) is 2. The molecule has 4 heteroatoms. The molecule has 30 heavy (non-hydrogen) atoms. The van der Waals surface area contributed by atoms with Crippen molar-refractivity contribution >= 4 is 5.97 Å². The molecule has 0 aromatic heterocycles. The summed E-state index contributed by atoms with van der Waals surface area (Å²) < 4.78 is 4.68. The minimum Gasteiger partial charge on any atom is -0.460 e. The lowest BCUT2D eigenvalue weighted by Gasteiger charge is -2.41. The average molecular weight is 421 g/mol. The van der Waals surface area contributed by atoms with Crippen LogP contribution in [0.15, 0.2) is 24.3 Å². The van der Waals surface area contributed by atoms with Crippen molar-refractivity contribution in [2.24, 2.45) is 17.3 Å². The van der Waals surface area contributed by atoms with Gasteiger partial charge in [-0.1, -0.05) is 56.9 Å². The summed E-state index contributed by atoms with van der Waals surface area (Å²) in [6.07, 6.45) is 25.9. The summed E-state index contributed by atoms with van der Waals surface area (Å²) in [5.74, 6) is -0.935. The molecule has 4 nitrogen and oxygen atoms in total. The Kier molecular flexibility index (Phi) is 10.6. The quantitative estimate of drug-likeness (QED) is 0.155. The largest absolute Gasteiger partial charge is 0.460 e. The van der Waals surface area contributed by atoms with Crippen LogP contribution in [0.5, 0.6) is 0 Å². The van der Waals surface area contributed by atoms with Crippen molar-refractivity contribution in [2.75, 3.05) is 6.61 Å². The molecule has 0 aliphatic heterocycles. The van der Waals surface area contributed by atoms with Crippen molar-refractivity contribution in [3.8, 4) is 0 Å². The Hall–Kier alpha value is -1.13. The molecule has 0 saturated heterocycles. The summed E-state index contributed by atoms with van der Waals surface area (Å²) in [5, 5.41) is 19.6. The standard InChI is InChI=1S/C26H44O4/c1-3-4-16-25(18-11-19-25)17-10-15-24-14-9-13-23(24)12-7-5-6-8-20-26(28,29)21-30-22(2)27/h5,7,10,15,23-24,28-29H,3-4,6,8-9,11-14,16-21H2,1-2H3/t23-,24+/m0/s1. The van der Waals surface area contributed by atoms with Crippen LogP contribution in [0.4, 0.5) is 0 Å². The first-order chi connectivity index (χ1) is 14.4. The van der Waals surface area contributed by atoms with Crippen LogP contribution >= 0.6 is 0 Å². The first-order valence-corrected chi connectivity index (χ1v) is 12.3. The summed E-state index contributed by atoms with van der Waals surface area (Å²) in [6.45, 7) is 3.20. The highest BCUT2D eigenvalue weighted by Crippen LogP contribution is 2.48. The zero-order valence-corrected chi connectivity index (χ0v) is 19.3. The summed E-state index contributed by atoms with van der Waals surface area (Å²) in [5.41, 5.74) is 0.630. The van der Waals surface area contributed by atoms with E-state index in [-0.39, 0.29) is 13.0 Å². The first-order valence-electron chi connectivity index (χ1n) is 12.3. The molecule has 0 amide bonds. The van der Waals surface area contributed by atoms with Gasteiger partial charge >= 0.3 is 5.97 Å². The lowest BCUT2D eigenvalue weighted by molar-refractivity contribution is -0.204. The van der Waals surface area contributed by atoms with Gasteiger partial charge in [0.1, 0.15) is 6.61 Å². The van der Waals surface area contributed by atoms with Crippen LogP contribution in [-0.2, 0) is 9.53 Å². The molecule has 2 saturated carbocycles. The third-order valence-electron chi connectivity index (χ3n) is 7.19. The second kappa shape index (κ2) is 12.7. The van der Waals surface area contributed by atoms with Crippen molar-refractivity contribution in [3.05, 3.63) is 24.3 Å². The molecule has 2 rings (SSSR count). The van der Waals surface area contributed by atoms with Gasteiger partial charge in [0.15, 0.2) is 5.79 Å². The molecule has 2 atom stereocenters. The summed E-state index contributed by atoms with van der Waals surface area (Å²) in [7, 11) is 0. The van der Waals surface area contributed by atoms with Crippen LogP contribution in [0.1, 0.15) is 104 Å². The van der Waals surface area contributed by atoms with E-state index < -0.39 is 11.8 Å². The normalized spacial score (nSPS) is 23.9. The number of esters is 1. The minimum atomic E-state index is -1.92. The smallest absolute Gasteiger partial charge is 0.302 e. The lowest BCUT2D eigenvalue weighted by Crippen LogP contribution is -2.34. The van der Waals surface area contributed by atoms with Crippen LogP contribution in [-0.4, -0.2) is 28.6 Å².